The van der Waals surface area contributed by atoms with Gasteiger partial charge in [0.2, 0.25) is 0 Å². The number of aliphatic hydroxyl groups is 2. The predicted octanol–water partition coefficient (Wildman–Crippen LogP) is 6.65. The second-order valence-corrected chi connectivity index (χ2v) is 11.6. The molecule has 0 amide bonds. The largest absolute Gasteiger partial charge is 0.489 e. The summed E-state index contributed by atoms with van der Waals surface area (Å²) in [4.78, 5) is 0. The maximum absolute atomic E-state index is 11.2. The molecule has 0 saturated heterocycles. The molecule has 3 nitrogen and oxygen atoms in total. The van der Waals surface area contributed by atoms with Crippen LogP contribution in [0.5, 0.6) is 5.75 Å². The Balaban J connectivity index is 1.12. The molecule has 0 unspecified atom stereocenters. The average Bonchev–Trinajstić information content (AvgIpc) is 3.22. The molecular weight excluding hydrogens is 456 g/mol. The summed E-state index contributed by atoms with van der Waals surface area (Å²) < 4.78 is 6.21. The maximum atomic E-state index is 11.2. The first-order valence-corrected chi connectivity index (χ1v) is 13.7. The molecule has 0 aliphatic heterocycles. The fraction of sp³-hybridized carbons (Fsp3) is 0.412. The second-order valence-electron chi connectivity index (χ2n) is 11.6. The van der Waals surface area contributed by atoms with Gasteiger partial charge in [0.05, 0.1) is 6.61 Å². The summed E-state index contributed by atoms with van der Waals surface area (Å²) in [5.41, 5.74) is 6.18. The number of aryl methyl sites for hydroxylation is 1. The lowest BCUT2D eigenvalue weighted by Crippen LogP contribution is -2.50. The van der Waals surface area contributed by atoms with Gasteiger partial charge in [0, 0.05) is 5.41 Å². The van der Waals surface area contributed by atoms with Gasteiger partial charge in [-0.25, -0.2) is 0 Å². The molecule has 0 radical (unpaired) electrons. The highest BCUT2D eigenvalue weighted by atomic mass is 16.5. The van der Waals surface area contributed by atoms with Gasteiger partial charge in [0.1, 0.15) is 18.0 Å². The van der Waals surface area contributed by atoms with Crippen LogP contribution in [0.3, 0.4) is 0 Å². The summed E-state index contributed by atoms with van der Waals surface area (Å²) in [6, 6.07) is 23.2. The molecule has 3 aliphatic carbocycles. The molecule has 2 fully saturated rings. The van der Waals surface area contributed by atoms with E-state index < -0.39 is 5.60 Å². The molecule has 2 saturated carbocycles. The minimum atomic E-state index is -0.941. The van der Waals surface area contributed by atoms with Crippen LogP contribution in [-0.2, 0) is 19.6 Å². The van der Waals surface area contributed by atoms with Crippen LogP contribution in [0.2, 0.25) is 0 Å². The number of benzene rings is 3. The monoisotopic (exact) mass is 492 g/mol. The van der Waals surface area contributed by atoms with Crippen molar-refractivity contribution >= 4 is 0 Å². The van der Waals surface area contributed by atoms with Gasteiger partial charge in [0.25, 0.3) is 0 Å². The van der Waals surface area contributed by atoms with Crippen molar-refractivity contribution < 1.29 is 14.9 Å². The van der Waals surface area contributed by atoms with Gasteiger partial charge < -0.3 is 14.9 Å². The fourth-order valence-electron chi connectivity index (χ4n) is 7.66. The van der Waals surface area contributed by atoms with Crippen LogP contribution >= 0.6 is 0 Å². The van der Waals surface area contributed by atoms with Crippen molar-refractivity contribution in [3.05, 3.63) is 89.0 Å². The third-order valence-corrected chi connectivity index (χ3v) is 9.92. The van der Waals surface area contributed by atoms with E-state index in [-0.39, 0.29) is 12.0 Å². The molecule has 3 aromatic rings. The van der Waals surface area contributed by atoms with E-state index in [0.717, 1.165) is 60.1 Å². The highest BCUT2D eigenvalue weighted by Gasteiger charge is 2.61. The molecular formula is C34H36O3. The first-order chi connectivity index (χ1) is 17.9. The van der Waals surface area contributed by atoms with Crippen molar-refractivity contribution in [2.24, 2.45) is 17.3 Å². The van der Waals surface area contributed by atoms with E-state index in [0.29, 0.717) is 24.4 Å². The summed E-state index contributed by atoms with van der Waals surface area (Å²) in [7, 11) is 0. The van der Waals surface area contributed by atoms with Crippen LogP contribution in [0.1, 0.15) is 67.2 Å². The highest BCUT2D eigenvalue weighted by Crippen LogP contribution is 2.64. The number of aliphatic hydroxyl groups excluding tert-OH is 1. The summed E-state index contributed by atoms with van der Waals surface area (Å²) in [6.45, 7) is 2.85. The average molecular weight is 493 g/mol. The van der Waals surface area contributed by atoms with E-state index in [1.807, 2.05) is 24.3 Å². The fourth-order valence-corrected chi connectivity index (χ4v) is 7.66. The van der Waals surface area contributed by atoms with E-state index >= 15 is 0 Å². The number of ether oxygens (including phenoxy) is 1. The van der Waals surface area contributed by atoms with Crippen molar-refractivity contribution in [2.45, 2.75) is 70.2 Å². The van der Waals surface area contributed by atoms with Gasteiger partial charge in [0.15, 0.2) is 0 Å². The Labute approximate surface area is 220 Å². The number of rotatable bonds is 5. The third-order valence-electron chi connectivity index (χ3n) is 9.92. The molecule has 3 aliphatic rings. The van der Waals surface area contributed by atoms with Crippen molar-refractivity contribution in [3.63, 3.8) is 0 Å². The molecule has 0 spiro atoms. The van der Waals surface area contributed by atoms with Crippen LogP contribution in [0, 0.1) is 29.6 Å². The van der Waals surface area contributed by atoms with Crippen LogP contribution in [0.25, 0.3) is 11.1 Å². The SMILES string of the molecule is C#C[C@]1(O)CC[C@H]2[C@@H]3CCc4cc(OCc5ccc(-c6ccc(CO)cc6)cc5)ccc4[C@H]3CC[C@@]21C. The van der Waals surface area contributed by atoms with Crippen LogP contribution in [0.15, 0.2) is 66.7 Å². The first kappa shape index (κ1) is 24.3. The number of fused-ring (bicyclic) bond motifs is 5. The van der Waals surface area contributed by atoms with Crippen molar-refractivity contribution in [2.75, 3.05) is 0 Å². The Morgan fingerprint density at radius 3 is 2.30 bits per heavy atom. The molecule has 0 heterocycles. The Hall–Kier alpha value is -3.06. The molecule has 37 heavy (non-hydrogen) atoms. The van der Waals surface area contributed by atoms with Crippen LogP contribution < -0.4 is 4.74 Å². The highest BCUT2D eigenvalue weighted by molar-refractivity contribution is 5.64. The van der Waals surface area contributed by atoms with Gasteiger partial charge in [-0.2, -0.15) is 0 Å². The Bertz CT molecular complexity index is 1320. The molecule has 5 atom stereocenters. The number of hydrogen-bond donors (Lipinski definition) is 2. The van der Waals surface area contributed by atoms with Gasteiger partial charge in [-0.3, -0.25) is 0 Å². The minimum Gasteiger partial charge on any atom is -0.489 e. The van der Waals surface area contributed by atoms with E-state index in [9.17, 15) is 10.2 Å². The van der Waals surface area contributed by atoms with Crippen molar-refractivity contribution in [1.29, 1.82) is 0 Å². The summed E-state index contributed by atoms with van der Waals surface area (Å²) >= 11 is 0. The van der Waals surface area contributed by atoms with Gasteiger partial charge in [-0.15, -0.1) is 6.42 Å². The van der Waals surface area contributed by atoms with Gasteiger partial charge >= 0.3 is 0 Å². The summed E-state index contributed by atoms with van der Waals surface area (Å²) in [5.74, 6) is 5.39. The normalized spacial score (nSPS) is 30.1. The van der Waals surface area contributed by atoms with Crippen molar-refractivity contribution in [1.82, 2.24) is 0 Å². The predicted molar refractivity (Wildman–Crippen MR) is 147 cm³/mol. The molecule has 0 aromatic heterocycles. The smallest absolute Gasteiger partial charge is 0.130 e. The van der Waals surface area contributed by atoms with Crippen molar-refractivity contribution in [3.8, 4) is 29.2 Å². The van der Waals surface area contributed by atoms with E-state index in [1.54, 1.807) is 0 Å². The molecule has 3 aromatic carbocycles. The van der Waals surface area contributed by atoms with Crippen LogP contribution in [-0.4, -0.2) is 15.8 Å². The maximum Gasteiger partial charge on any atom is 0.130 e. The Morgan fingerprint density at radius 2 is 1.62 bits per heavy atom. The lowest BCUT2D eigenvalue weighted by atomic mass is 9.53. The first-order valence-electron chi connectivity index (χ1n) is 13.7. The molecule has 0 bridgehead atoms. The zero-order valence-electron chi connectivity index (χ0n) is 21.6. The van der Waals surface area contributed by atoms with Gasteiger partial charge in [-0.1, -0.05) is 67.4 Å². The van der Waals surface area contributed by atoms with Crippen LogP contribution in [0.4, 0.5) is 0 Å². The third kappa shape index (κ3) is 4.08. The zero-order chi connectivity index (χ0) is 25.6. The van der Waals surface area contributed by atoms with E-state index in [2.05, 4.69) is 55.3 Å². The molecule has 2 N–H and O–H groups in total. The molecule has 6 rings (SSSR count). The number of hydrogen-bond acceptors (Lipinski definition) is 3. The summed E-state index contributed by atoms with van der Waals surface area (Å²) in [6.07, 6.45) is 11.9. The summed E-state index contributed by atoms with van der Waals surface area (Å²) in [5, 5.41) is 20.4. The lowest BCUT2D eigenvalue weighted by Gasteiger charge is -2.52. The number of terminal acetylenes is 1. The lowest BCUT2D eigenvalue weighted by molar-refractivity contribution is -0.0646. The Kier molecular flexibility index (Phi) is 6.14. The van der Waals surface area contributed by atoms with E-state index in [4.69, 9.17) is 11.2 Å². The van der Waals surface area contributed by atoms with Gasteiger partial charge in [-0.05, 0) is 102 Å². The molecule has 3 heteroatoms. The molecule has 190 valence electrons. The minimum absolute atomic E-state index is 0.0668. The Morgan fingerprint density at radius 1 is 0.919 bits per heavy atom. The van der Waals surface area contributed by atoms with E-state index in [1.165, 1.54) is 17.5 Å². The second kappa shape index (κ2) is 9.35. The quantitative estimate of drug-likeness (QED) is 0.392. The zero-order valence-corrected chi connectivity index (χ0v) is 21.6. The standard InChI is InChI=1S/C34H36O3/c1-3-34(36)19-17-32-31-14-12-27-20-28(13-15-29(27)30(31)16-18-33(32,34)2)37-22-24-6-10-26(11-7-24)25-8-4-23(21-35)5-9-25/h1,4-11,13,15,20,30-32,35-36H,12,14,16-19,21-22H2,2H3/t30-,31-,32+,33+,34+/m1/s1. The topological polar surface area (TPSA) is 49.7 Å².